The molecule has 5 heteroatoms. The molecule has 1 aromatic carbocycles. The molecule has 0 bridgehead atoms. The molecular weight excluding hydrogens is 206 g/mol. The van der Waals surface area contributed by atoms with Crippen LogP contribution in [0.3, 0.4) is 0 Å². The fraction of sp³-hybridized carbons (Fsp3) is 0.455. The zero-order valence-electron chi connectivity index (χ0n) is 10.1. The second-order valence-electron chi connectivity index (χ2n) is 3.45. The van der Waals surface area contributed by atoms with Gasteiger partial charge in [-0.25, -0.2) is 5.43 Å². The summed E-state index contributed by atoms with van der Waals surface area (Å²) in [6, 6.07) is 3.84. The molecule has 16 heavy (non-hydrogen) atoms. The van der Waals surface area contributed by atoms with Crippen LogP contribution in [-0.4, -0.2) is 21.3 Å². The predicted molar refractivity (Wildman–Crippen MR) is 63.4 cm³/mol. The third-order valence-corrected chi connectivity index (χ3v) is 2.51. The van der Waals surface area contributed by atoms with Crippen LogP contribution in [0.15, 0.2) is 12.1 Å². The standard InChI is InChI=1S/C11H19N3O2/c1-7-5-10(16-4)8(6-9(7)15-3)11(13-2)14-12/h5-6,11,13-14H,12H2,1-4H3. The molecule has 0 aliphatic heterocycles. The topological polar surface area (TPSA) is 68.5 Å². The lowest BCUT2D eigenvalue weighted by molar-refractivity contribution is 0.381. The van der Waals surface area contributed by atoms with Crippen molar-refractivity contribution in [3.63, 3.8) is 0 Å². The van der Waals surface area contributed by atoms with E-state index in [1.165, 1.54) is 0 Å². The molecule has 0 fully saturated rings. The zero-order valence-corrected chi connectivity index (χ0v) is 10.1. The van der Waals surface area contributed by atoms with E-state index in [1.54, 1.807) is 14.2 Å². The highest BCUT2D eigenvalue weighted by molar-refractivity contribution is 5.47. The van der Waals surface area contributed by atoms with Crippen LogP contribution in [0.25, 0.3) is 0 Å². The molecule has 1 aromatic rings. The highest BCUT2D eigenvalue weighted by Gasteiger charge is 2.15. The molecule has 0 aliphatic rings. The van der Waals surface area contributed by atoms with Gasteiger partial charge < -0.3 is 14.8 Å². The Balaban J connectivity index is 3.23. The fourth-order valence-corrected chi connectivity index (χ4v) is 1.63. The van der Waals surface area contributed by atoms with Gasteiger partial charge >= 0.3 is 0 Å². The first-order chi connectivity index (χ1) is 7.67. The average Bonchev–Trinajstić information content (AvgIpc) is 2.31. The molecule has 0 saturated heterocycles. The van der Waals surface area contributed by atoms with E-state index in [9.17, 15) is 0 Å². The zero-order chi connectivity index (χ0) is 12.1. The van der Waals surface area contributed by atoms with Gasteiger partial charge in [-0.05, 0) is 31.7 Å². The van der Waals surface area contributed by atoms with Crippen molar-refractivity contribution >= 4 is 0 Å². The molecule has 90 valence electrons. The maximum Gasteiger partial charge on any atom is 0.125 e. The highest BCUT2D eigenvalue weighted by atomic mass is 16.5. The summed E-state index contributed by atoms with van der Waals surface area (Å²) in [4.78, 5) is 0. The lowest BCUT2D eigenvalue weighted by atomic mass is 10.1. The molecule has 5 nitrogen and oxygen atoms in total. The summed E-state index contributed by atoms with van der Waals surface area (Å²) in [5.74, 6) is 7.04. The smallest absolute Gasteiger partial charge is 0.125 e. The van der Waals surface area contributed by atoms with Crippen LogP contribution in [0.2, 0.25) is 0 Å². The Morgan fingerprint density at radius 3 is 2.25 bits per heavy atom. The Hall–Kier alpha value is -1.30. The van der Waals surface area contributed by atoms with E-state index in [1.807, 2.05) is 26.1 Å². The summed E-state index contributed by atoms with van der Waals surface area (Å²) in [5, 5.41) is 3.04. The van der Waals surface area contributed by atoms with Crippen LogP contribution >= 0.6 is 0 Å². The number of rotatable bonds is 5. The SMILES string of the molecule is CNC(NN)c1cc(OC)c(C)cc1OC. The van der Waals surface area contributed by atoms with E-state index in [-0.39, 0.29) is 6.17 Å². The Morgan fingerprint density at radius 1 is 1.19 bits per heavy atom. The molecule has 0 saturated carbocycles. The number of nitrogens with one attached hydrogen (secondary N) is 2. The normalized spacial score (nSPS) is 12.3. The third-order valence-electron chi connectivity index (χ3n) is 2.51. The van der Waals surface area contributed by atoms with Gasteiger partial charge in [0.15, 0.2) is 0 Å². The van der Waals surface area contributed by atoms with E-state index < -0.39 is 0 Å². The van der Waals surface area contributed by atoms with Gasteiger partial charge in [-0.1, -0.05) is 0 Å². The van der Waals surface area contributed by atoms with Crippen LogP contribution in [0, 0.1) is 6.92 Å². The Labute approximate surface area is 95.9 Å². The van der Waals surface area contributed by atoms with Crippen LogP contribution in [-0.2, 0) is 0 Å². The quantitative estimate of drug-likeness (QED) is 0.391. The van der Waals surface area contributed by atoms with E-state index in [0.29, 0.717) is 0 Å². The van der Waals surface area contributed by atoms with Crippen LogP contribution in [0.4, 0.5) is 0 Å². The number of ether oxygens (including phenoxy) is 2. The maximum absolute atomic E-state index is 5.46. The molecule has 0 spiro atoms. The van der Waals surface area contributed by atoms with Crippen molar-refractivity contribution in [3.05, 3.63) is 23.3 Å². The van der Waals surface area contributed by atoms with Crippen LogP contribution < -0.4 is 26.1 Å². The number of hydrogen-bond acceptors (Lipinski definition) is 5. The molecule has 0 radical (unpaired) electrons. The minimum atomic E-state index is -0.176. The summed E-state index contributed by atoms with van der Waals surface area (Å²) in [5.41, 5.74) is 4.60. The maximum atomic E-state index is 5.46. The molecule has 0 aliphatic carbocycles. The minimum Gasteiger partial charge on any atom is -0.496 e. The van der Waals surface area contributed by atoms with Gasteiger partial charge in [-0.3, -0.25) is 5.84 Å². The first-order valence-electron chi connectivity index (χ1n) is 5.03. The monoisotopic (exact) mass is 225 g/mol. The van der Waals surface area contributed by atoms with Crippen molar-refractivity contribution in [1.82, 2.24) is 10.7 Å². The van der Waals surface area contributed by atoms with Crippen molar-refractivity contribution in [2.75, 3.05) is 21.3 Å². The molecule has 1 rings (SSSR count). The number of hydrogen-bond donors (Lipinski definition) is 3. The second kappa shape index (κ2) is 5.69. The summed E-state index contributed by atoms with van der Waals surface area (Å²) in [6.45, 7) is 1.97. The number of benzene rings is 1. The number of nitrogens with two attached hydrogens (primary N) is 1. The molecule has 1 unspecified atom stereocenters. The van der Waals surface area contributed by atoms with Crippen molar-refractivity contribution in [2.24, 2.45) is 5.84 Å². The Bertz CT molecular complexity index is 351. The van der Waals surface area contributed by atoms with Gasteiger partial charge in [-0.15, -0.1) is 0 Å². The lowest BCUT2D eigenvalue weighted by Crippen LogP contribution is -2.36. The summed E-state index contributed by atoms with van der Waals surface area (Å²) in [7, 11) is 5.09. The number of aryl methyl sites for hydroxylation is 1. The predicted octanol–water partition coefficient (Wildman–Crippen LogP) is 0.694. The summed E-state index contributed by atoms with van der Waals surface area (Å²) in [6.07, 6.45) is -0.176. The van der Waals surface area contributed by atoms with Gasteiger partial charge in [0.1, 0.15) is 11.5 Å². The van der Waals surface area contributed by atoms with E-state index in [4.69, 9.17) is 15.3 Å². The van der Waals surface area contributed by atoms with Gasteiger partial charge in [-0.2, -0.15) is 0 Å². The van der Waals surface area contributed by atoms with Crippen molar-refractivity contribution < 1.29 is 9.47 Å². The second-order valence-corrected chi connectivity index (χ2v) is 3.45. The average molecular weight is 225 g/mol. The first kappa shape index (κ1) is 12.8. The summed E-state index contributed by atoms with van der Waals surface area (Å²) >= 11 is 0. The van der Waals surface area contributed by atoms with E-state index in [2.05, 4.69) is 10.7 Å². The highest BCUT2D eigenvalue weighted by Crippen LogP contribution is 2.31. The number of methoxy groups -OCH3 is 2. The molecular formula is C11H19N3O2. The molecule has 4 N–H and O–H groups in total. The molecule has 1 atom stereocenters. The van der Waals surface area contributed by atoms with Gasteiger partial charge in [0, 0.05) is 5.56 Å². The molecule has 0 aromatic heterocycles. The summed E-state index contributed by atoms with van der Waals surface area (Å²) < 4.78 is 10.6. The van der Waals surface area contributed by atoms with Gasteiger partial charge in [0.25, 0.3) is 0 Å². The fourth-order valence-electron chi connectivity index (χ4n) is 1.63. The van der Waals surface area contributed by atoms with E-state index in [0.717, 1.165) is 22.6 Å². The van der Waals surface area contributed by atoms with E-state index >= 15 is 0 Å². The number of hydrazine groups is 1. The minimum absolute atomic E-state index is 0.176. The van der Waals surface area contributed by atoms with Crippen molar-refractivity contribution in [3.8, 4) is 11.5 Å². The lowest BCUT2D eigenvalue weighted by Gasteiger charge is -2.20. The largest absolute Gasteiger partial charge is 0.496 e. The first-order valence-corrected chi connectivity index (χ1v) is 5.03. The van der Waals surface area contributed by atoms with Crippen LogP contribution in [0.5, 0.6) is 11.5 Å². The van der Waals surface area contributed by atoms with Crippen LogP contribution in [0.1, 0.15) is 17.3 Å². The Morgan fingerprint density at radius 2 is 1.81 bits per heavy atom. The van der Waals surface area contributed by atoms with Gasteiger partial charge in [0.2, 0.25) is 0 Å². The molecule has 0 amide bonds. The van der Waals surface area contributed by atoms with Crippen molar-refractivity contribution in [1.29, 1.82) is 0 Å². The Kier molecular flexibility index (Phi) is 4.54. The van der Waals surface area contributed by atoms with Crippen molar-refractivity contribution in [2.45, 2.75) is 13.1 Å². The van der Waals surface area contributed by atoms with Gasteiger partial charge in [0.05, 0.1) is 20.4 Å². The third kappa shape index (κ3) is 2.44. The molecule has 0 heterocycles.